The lowest BCUT2D eigenvalue weighted by Gasteiger charge is -1.99. The van der Waals surface area contributed by atoms with Crippen molar-refractivity contribution in [2.24, 2.45) is 0 Å². The minimum absolute atomic E-state index is 0.000556. The second-order valence-corrected chi connectivity index (χ2v) is 2.33. The Bertz CT molecular complexity index is 391. The first-order valence-electron chi connectivity index (χ1n) is 3.53. The number of anilines is 1. The van der Waals surface area contributed by atoms with E-state index in [0.717, 1.165) is 12.3 Å². The molecule has 0 fully saturated rings. The molecule has 1 N–H and O–H groups in total. The van der Waals surface area contributed by atoms with Crippen molar-refractivity contribution in [1.82, 2.24) is 4.98 Å². The van der Waals surface area contributed by atoms with E-state index in [0.29, 0.717) is 0 Å². The second-order valence-electron chi connectivity index (χ2n) is 2.33. The van der Waals surface area contributed by atoms with Gasteiger partial charge in [0.05, 0.1) is 15.9 Å². The summed E-state index contributed by atoms with van der Waals surface area (Å²) in [7, 11) is 1.45. The fourth-order valence-electron chi connectivity index (χ4n) is 0.874. The molecule has 0 atom stereocenters. The molecule has 0 radical (unpaired) electrons. The van der Waals surface area contributed by atoms with Gasteiger partial charge in [0.25, 0.3) is 5.69 Å². The summed E-state index contributed by atoms with van der Waals surface area (Å²) >= 11 is 0. The molecule has 1 aromatic rings. The van der Waals surface area contributed by atoms with Crippen LogP contribution >= 0.6 is 0 Å². The van der Waals surface area contributed by atoms with E-state index in [4.69, 9.17) is 0 Å². The van der Waals surface area contributed by atoms with Crippen LogP contribution in [-0.2, 0) is 0 Å². The summed E-state index contributed by atoms with van der Waals surface area (Å²) in [6.07, 6.45) is 0.957. The normalized spacial score (nSPS) is 9.50. The summed E-state index contributed by atoms with van der Waals surface area (Å²) in [5.41, 5.74) is -0.822. The Balaban J connectivity index is 3.27. The van der Waals surface area contributed by atoms with Crippen molar-refractivity contribution in [3.63, 3.8) is 0 Å². The maximum Gasteiger partial charge on any atom is 0.318 e. The van der Waals surface area contributed by atoms with Gasteiger partial charge in [-0.2, -0.15) is 0 Å². The van der Waals surface area contributed by atoms with Gasteiger partial charge in [-0.1, -0.05) is 0 Å². The van der Waals surface area contributed by atoms with Gasteiger partial charge in [-0.15, -0.1) is 0 Å². The van der Waals surface area contributed by atoms with Crippen LogP contribution < -0.4 is 5.32 Å². The summed E-state index contributed by atoms with van der Waals surface area (Å²) in [5.74, 6) is 0.000556. The van der Waals surface area contributed by atoms with E-state index < -0.39 is 21.2 Å². The zero-order valence-corrected chi connectivity index (χ0v) is 7.13. The molecule has 0 saturated heterocycles. The Morgan fingerprint density at radius 1 is 1.36 bits per heavy atom. The summed E-state index contributed by atoms with van der Waals surface area (Å²) in [6, 6.07) is 0.860. The number of rotatable bonds is 3. The zero-order valence-electron chi connectivity index (χ0n) is 7.13. The van der Waals surface area contributed by atoms with Gasteiger partial charge in [-0.3, -0.25) is 20.2 Å². The van der Waals surface area contributed by atoms with Crippen molar-refractivity contribution in [2.75, 3.05) is 12.4 Å². The van der Waals surface area contributed by atoms with Crippen molar-refractivity contribution >= 4 is 17.2 Å². The van der Waals surface area contributed by atoms with Crippen LogP contribution in [0.25, 0.3) is 0 Å². The molecule has 0 unspecified atom stereocenters. The molecule has 0 aliphatic heterocycles. The molecule has 14 heavy (non-hydrogen) atoms. The van der Waals surface area contributed by atoms with E-state index in [1.165, 1.54) is 7.05 Å². The average molecular weight is 198 g/mol. The molecule has 8 nitrogen and oxygen atoms in total. The van der Waals surface area contributed by atoms with Crippen LogP contribution in [0, 0.1) is 20.2 Å². The Morgan fingerprint density at radius 3 is 2.43 bits per heavy atom. The first-order valence-corrected chi connectivity index (χ1v) is 3.53. The Kier molecular flexibility index (Phi) is 2.56. The van der Waals surface area contributed by atoms with Crippen molar-refractivity contribution in [2.45, 2.75) is 0 Å². The van der Waals surface area contributed by atoms with Crippen LogP contribution in [0.1, 0.15) is 0 Å². The van der Waals surface area contributed by atoms with E-state index in [9.17, 15) is 20.2 Å². The molecule has 0 spiro atoms. The largest absolute Gasteiger partial charge is 0.367 e. The highest BCUT2D eigenvalue weighted by Gasteiger charge is 2.19. The molecule has 1 rings (SSSR count). The maximum absolute atomic E-state index is 10.5. The van der Waals surface area contributed by atoms with E-state index in [2.05, 4.69) is 10.3 Å². The third-order valence-corrected chi connectivity index (χ3v) is 1.50. The van der Waals surface area contributed by atoms with Crippen molar-refractivity contribution < 1.29 is 9.85 Å². The summed E-state index contributed by atoms with van der Waals surface area (Å²) in [6.45, 7) is 0. The molecule has 0 bridgehead atoms. The molecule has 0 aromatic carbocycles. The summed E-state index contributed by atoms with van der Waals surface area (Å²) in [4.78, 5) is 22.8. The third-order valence-electron chi connectivity index (χ3n) is 1.50. The quantitative estimate of drug-likeness (QED) is 0.571. The average Bonchev–Trinajstić information content (AvgIpc) is 2.16. The molecular formula is C6H6N4O4. The Labute approximate surface area is 77.9 Å². The van der Waals surface area contributed by atoms with Gasteiger partial charge in [0, 0.05) is 7.05 Å². The van der Waals surface area contributed by atoms with Gasteiger partial charge >= 0.3 is 5.69 Å². The van der Waals surface area contributed by atoms with Crippen LogP contribution in [0.2, 0.25) is 0 Å². The first-order chi connectivity index (χ1) is 6.56. The number of nitrogens with one attached hydrogen (secondary N) is 1. The highest BCUT2D eigenvalue weighted by atomic mass is 16.6. The molecular weight excluding hydrogens is 192 g/mol. The minimum Gasteiger partial charge on any atom is -0.367 e. The predicted molar refractivity (Wildman–Crippen MR) is 47.1 cm³/mol. The lowest BCUT2D eigenvalue weighted by molar-refractivity contribution is -0.394. The number of pyridine rings is 1. The number of hydrogen-bond acceptors (Lipinski definition) is 6. The maximum atomic E-state index is 10.5. The number of aromatic nitrogens is 1. The van der Waals surface area contributed by atoms with Crippen LogP contribution in [0.15, 0.2) is 12.3 Å². The zero-order chi connectivity index (χ0) is 10.7. The first kappa shape index (κ1) is 9.84. The fraction of sp³-hybridized carbons (Fsp3) is 0.167. The molecule has 74 valence electrons. The van der Waals surface area contributed by atoms with Gasteiger partial charge in [0.1, 0.15) is 6.20 Å². The number of hydrogen-bond donors (Lipinski definition) is 1. The lowest BCUT2D eigenvalue weighted by Crippen LogP contribution is -2.00. The van der Waals surface area contributed by atoms with Crippen LogP contribution in [0.5, 0.6) is 0 Å². The summed E-state index contributed by atoms with van der Waals surface area (Å²) in [5, 5.41) is 23.2. The van der Waals surface area contributed by atoms with Crippen molar-refractivity contribution in [3.05, 3.63) is 32.5 Å². The van der Waals surface area contributed by atoms with E-state index in [1.54, 1.807) is 0 Å². The Morgan fingerprint density at radius 2 is 2.00 bits per heavy atom. The van der Waals surface area contributed by atoms with Gasteiger partial charge < -0.3 is 5.32 Å². The molecule has 1 heterocycles. The fourth-order valence-corrected chi connectivity index (χ4v) is 0.874. The minimum atomic E-state index is -0.737. The number of nitro groups is 2. The standard InChI is InChI=1S/C6H6N4O4/c1-7-6-5(10(13)14)2-4(3-8-6)9(11)12/h2-3H,1H3,(H,7,8). The van der Waals surface area contributed by atoms with Crippen molar-refractivity contribution in [3.8, 4) is 0 Å². The summed E-state index contributed by atoms with van der Waals surface area (Å²) < 4.78 is 0. The highest BCUT2D eigenvalue weighted by Crippen LogP contribution is 2.25. The molecule has 0 aliphatic carbocycles. The topological polar surface area (TPSA) is 111 Å². The van der Waals surface area contributed by atoms with E-state index in [-0.39, 0.29) is 5.82 Å². The monoisotopic (exact) mass is 198 g/mol. The van der Waals surface area contributed by atoms with Crippen LogP contribution in [0.3, 0.4) is 0 Å². The molecule has 0 aliphatic rings. The molecule has 0 amide bonds. The van der Waals surface area contributed by atoms with Gasteiger partial charge in [0.15, 0.2) is 0 Å². The van der Waals surface area contributed by atoms with Crippen molar-refractivity contribution in [1.29, 1.82) is 0 Å². The molecule has 1 aromatic heterocycles. The van der Waals surface area contributed by atoms with E-state index >= 15 is 0 Å². The van der Waals surface area contributed by atoms with Gasteiger partial charge in [-0.05, 0) is 0 Å². The lowest BCUT2D eigenvalue weighted by atomic mass is 10.3. The molecule has 0 saturated carbocycles. The predicted octanol–water partition coefficient (Wildman–Crippen LogP) is 0.940. The highest BCUT2D eigenvalue weighted by molar-refractivity contribution is 5.58. The second kappa shape index (κ2) is 3.64. The smallest absolute Gasteiger partial charge is 0.318 e. The van der Waals surface area contributed by atoms with Gasteiger partial charge in [0.2, 0.25) is 5.82 Å². The van der Waals surface area contributed by atoms with Gasteiger partial charge in [-0.25, -0.2) is 4.98 Å². The van der Waals surface area contributed by atoms with E-state index in [1.807, 2.05) is 0 Å². The molecule has 8 heteroatoms. The SMILES string of the molecule is CNc1ncc([N+](=O)[O-])cc1[N+](=O)[O-]. The Hall–Kier alpha value is -2.25. The van der Waals surface area contributed by atoms with Crippen LogP contribution in [0.4, 0.5) is 17.2 Å². The van der Waals surface area contributed by atoms with Crippen LogP contribution in [-0.4, -0.2) is 21.9 Å². The number of nitrogens with zero attached hydrogens (tertiary/aromatic N) is 3. The third kappa shape index (κ3) is 1.73.